The van der Waals surface area contributed by atoms with E-state index in [2.05, 4.69) is 22.5 Å². The third-order valence-electron chi connectivity index (χ3n) is 4.42. The molecule has 34 heavy (non-hydrogen) atoms. The highest BCUT2D eigenvalue weighted by Crippen LogP contribution is 2.29. The lowest BCUT2D eigenvalue weighted by molar-refractivity contribution is -0.385. The fourth-order valence-electron chi connectivity index (χ4n) is 2.87. The molecule has 3 aromatic carbocycles. The van der Waals surface area contributed by atoms with E-state index in [4.69, 9.17) is 0 Å². The molecule has 3 aromatic rings. The quantitative estimate of drug-likeness (QED) is 0.247. The number of carbonyl (C=O) groups is 3. The van der Waals surface area contributed by atoms with Gasteiger partial charge >= 0.3 is 6.03 Å². The van der Waals surface area contributed by atoms with Crippen LogP contribution in [-0.4, -0.2) is 29.3 Å². The van der Waals surface area contributed by atoms with E-state index in [9.17, 15) is 24.5 Å². The van der Waals surface area contributed by atoms with Crippen LogP contribution in [0.3, 0.4) is 0 Å². The number of hydrogen-bond acceptors (Lipinski definition) is 6. The van der Waals surface area contributed by atoms with Crippen molar-refractivity contribution in [3.8, 4) is 0 Å². The number of amides is 4. The van der Waals surface area contributed by atoms with Crippen molar-refractivity contribution < 1.29 is 19.3 Å². The van der Waals surface area contributed by atoms with Crippen molar-refractivity contribution in [2.45, 2.75) is 9.79 Å². The maximum absolute atomic E-state index is 12.2. The second-order valence-corrected chi connectivity index (χ2v) is 7.98. The first-order chi connectivity index (χ1) is 16.4. The van der Waals surface area contributed by atoms with Crippen LogP contribution in [-0.2, 0) is 0 Å². The summed E-state index contributed by atoms with van der Waals surface area (Å²) in [4.78, 5) is 48.6. The monoisotopic (exact) mass is 476 g/mol. The minimum atomic E-state index is -0.881. The zero-order valence-electron chi connectivity index (χ0n) is 17.8. The molecule has 0 aliphatic heterocycles. The lowest BCUT2D eigenvalue weighted by atomic mass is 10.1. The average Bonchev–Trinajstić information content (AvgIpc) is 2.83. The highest BCUT2D eigenvalue weighted by molar-refractivity contribution is 7.99. The van der Waals surface area contributed by atoms with Crippen molar-refractivity contribution in [2.24, 2.45) is 0 Å². The molecule has 0 fully saturated rings. The van der Waals surface area contributed by atoms with E-state index >= 15 is 0 Å². The van der Waals surface area contributed by atoms with E-state index in [0.29, 0.717) is 17.8 Å². The van der Waals surface area contributed by atoms with Gasteiger partial charge in [-0.15, -0.1) is 6.58 Å². The van der Waals surface area contributed by atoms with Crippen LogP contribution < -0.4 is 16.0 Å². The Bertz CT molecular complexity index is 1240. The van der Waals surface area contributed by atoms with Gasteiger partial charge in [-0.2, -0.15) is 0 Å². The van der Waals surface area contributed by atoms with Gasteiger partial charge in [-0.3, -0.25) is 25.0 Å². The smallest absolute Gasteiger partial charge is 0.326 e. The minimum absolute atomic E-state index is 0.191. The largest absolute Gasteiger partial charge is 0.349 e. The number of hydrogen-bond donors (Lipinski definition) is 3. The molecule has 0 saturated carbocycles. The molecule has 3 N–H and O–H groups in total. The summed E-state index contributed by atoms with van der Waals surface area (Å²) in [6, 6.07) is 18.6. The van der Waals surface area contributed by atoms with E-state index < -0.39 is 22.5 Å². The Morgan fingerprint density at radius 1 is 0.941 bits per heavy atom. The van der Waals surface area contributed by atoms with Crippen molar-refractivity contribution in [1.82, 2.24) is 10.6 Å². The Kier molecular flexibility index (Phi) is 8.14. The molecule has 172 valence electrons. The van der Waals surface area contributed by atoms with E-state index in [1.165, 1.54) is 36.0 Å². The molecule has 0 aromatic heterocycles. The van der Waals surface area contributed by atoms with Crippen LogP contribution in [0.2, 0.25) is 0 Å². The number of rotatable bonds is 8. The molecular weight excluding hydrogens is 456 g/mol. The molecule has 0 aliphatic carbocycles. The number of para-hydroxylation sites is 1. The van der Waals surface area contributed by atoms with Gasteiger partial charge in [0.15, 0.2) is 0 Å². The molecular formula is C24H20N4O5S. The van der Waals surface area contributed by atoms with Gasteiger partial charge < -0.3 is 10.6 Å². The van der Waals surface area contributed by atoms with E-state index in [0.717, 1.165) is 9.79 Å². The Morgan fingerprint density at radius 3 is 2.38 bits per heavy atom. The van der Waals surface area contributed by atoms with Crippen LogP contribution in [0.25, 0.3) is 0 Å². The van der Waals surface area contributed by atoms with Crippen LogP contribution in [0.5, 0.6) is 0 Å². The number of carbonyl (C=O) groups excluding carboxylic acids is 3. The minimum Gasteiger partial charge on any atom is -0.349 e. The first kappa shape index (κ1) is 24.2. The number of imide groups is 1. The maximum Gasteiger partial charge on any atom is 0.326 e. The number of nitrogens with one attached hydrogen (secondary N) is 3. The molecule has 0 saturated heterocycles. The Morgan fingerprint density at radius 2 is 1.68 bits per heavy atom. The second-order valence-electron chi connectivity index (χ2n) is 6.84. The first-order valence-electron chi connectivity index (χ1n) is 10.00. The standard InChI is InChI=1S/C24H20N4O5S/c1-2-14-25-22(29)16-6-5-7-19(15-16)34-18-12-10-17(11-13-18)26-24(31)27-23(30)20-8-3-4-9-21(20)28(32)33/h2-13,15H,1,14H2,(H,25,29)(H2,26,27,30,31). The van der Waals surface area contributed by atoms with Gasteiger partial charge in [-0.05, 0) is 48.5 Å². The van der Waals surface area contributed by atoms with Crippen molar-refractivity contribution in [1.29, 1.82) is 0 Å². The Hall–Kier alpha value is -4.44. The summed E-state index contributed by atoms with van der Waals surface area (Å²) in [6.45, 7) is 3.95. The van der Waals surface area contributed by atoms with E-state index in [1.807, 2.05) is 6.07 Å². The van der Waals surface area contributed by atoms with E-state index in [-0.39, 0.29) is 11.5 Å². The van der Waals surface area contributed by atoms with Crippen molar-refractivity contribution in [2.75, 3.05) is 11.9 Å². The van der Waals surface area contributed by atoms with Gasteiger partial charge in [0, 0.05) is 33.7 Å². The predicted molar refractivity (Wildman–Crippen MR) is 129 cm³/mol. The molecule has 0 bridgehead atoms. The van der Waals surface area contributed by atoms with E-state index in [1.54, 1.807) is 48.5 Å². The topological polar surface area (TPSA) is 130 Å². The summed E-state index contributed by atoms with van der Waals surface area (Å²) in [7, 11) is 0. The van der Waals surface area contributed by atoms with Gasteiger partial charge in [-0.1, -0.05) is 36.0 Å². The van der Waals surface area contributed by atoms with Crippen LogP contribution in [0.15, 0.2) is 95.2 Å². The fourth-order valence-corrected chi connectivity index (χ4v) is 3.74. The van der Waals surface area contributed by atoms with Crippen LogP contribution in [0.4, 0.5) is 16.2 Å². The Labute approximate surface area is 199 Å². The first-order valence-corrected chi connectivity index (χ1v) is 10.8. The molecule has 0 spiro atoms. The number of nitro benzene ring substituents is 1. The van der Waals surface area contributed by atoms with Gasteiger partial charge in [0.25, 0.3) is 17.5 Å². The van der Waals surface area contributed by atoms with Gasteiger partial charge in [0.05, 0.1) is 4.92 Å². The summed E-state index contributed by atoms with van der Waals surface area (Å²) in [5, 5.41) is 18.4. The van der Waals surface area contributed by atoms with Gasteiger partial charge in [0.2, 0.25) is 0 Å². The molecule has 0 radical (unpaired) electrons. The molecule has 0 aliphatic rings. The highest BCUT2D eigenvalue weighted by Gasteiger charge is 2.20. The lowest BCUT2D eigenvalue weighted by Gasteiger charge is -2.09. The summed E-state index contributed by atoms with van der Waals surface area (Å²) in [5.41, 5.74) is 0.353. The van der Waals surface area contributed by atoms with Crippen LogP contribution in [0, 0.1) is 10.1 Å². The average molecular weight is 477 g/mol. The normalized spacial score (nSPS) is 10.1. The number of nitrogens with zero attached hydrogens (tertiary/aromatic N) is 1. The maximum atomic E-state index is 12.2. The number of urea groups is 1. The molecule has 3 rings (SSSR count). The van der Waals surface area contributed by atoms with Crippen LogP contribution >= 0.6 is 11.8 Å². The second kappa shape index (κ2) is 11.4. The van der Waals surface area contributed by atoms with Crippen molar-refractivity contribution >= 4 is 41.0 Å². The lowest BCUT2D eigenvalue weighted by Crippen LogP contribution is -2.34. The van der Waals surface area contributed by atoms with Gasteiger partial charge in [-0.25, -0.2) is 4.79 Å². The van der Waals surface area contributed by atoms with Gasteiger partial charge in [0.1, 0.15) is 5.56 Å². The third kappa shape index (κ3) is 6.53. The number of anilines is 1. The zero-order chi connectivity index (χ0) is 24.5. The summed E-state index contributed by atoms with van der Waals surface area (Å²) < 4.78 is 0. The summed E-state index contributed by atoms with van der Waals surface area (Å²) >= 11 is 1.44. The summed E-state index contributed by atoms with van der Waals surface area (Å²) in [5.74, 6) is -1.07. The highest BCUT2D eigenvalue weighted by atomic mass is 32.2. The predicted octanol–water partition coefficient (Wildman–Crippen LogP) is 4.62. The molecule has 4 amide bonds. The van der Waals surface area contributed by atoms with Crippen molar-refractivity contribution in [3.63, 3.8) is 0 Å². The van der Waals surface area contributed by atoms with Crippen molar-refractivity contribution in [3.05, 3.63) is 107 Å². The molecule has 9 nitrogen and oxygen atoms in total. The molecule has 0 unspecified atom stereocenters. The molecule has 0 heterocycles. The zero-order valence-corrected chi connectivity index (χ0v) is 18.6. The van der Waals surface area contributed by atoms with Crippen LogP contribution in [0.1, 0.15) is 20.7 Å². The number of benzene rings is 3. The number of nitro groups is 1. The Balaban J connectivity index is 1.59. The molecule has 10 heteroatoms. The summed E-state index contributed by atoms with van der Waals surface area (Å²) in [6.07, 6.45) is 1.60. The fraction of sp³-hybridized carbons (Fsp3) is 0.0417. The molecule has 0 atom stereocenters. The third-order valence-corrected chi connectivity index (χ3v) is 5.42. The SMILES string of the molecule is C=CCNC(=O)c1cccc(Sc2ccc(NC(=O)NC(=O)c3ccccc3[N+](=O)[O-])cc2)c1.